The van der Waals surface area contributed by atoms with Crippen LogP contribution in [0, 0.1) is 35.5 Å². The summed E-state index contributed by atoms with van der Waals surface area (Å²) in [5, 5.41) is 5.32. The minimum absolute atomic E-state index is 0.164. The number of imide groups is 1. The second kappa shape index (κ2) is 5.43. The zero-order valence-electron chi connectivity index (χ0n) is 14.7. The summed E-state index contributed by atoms with van der Waals surface area (Å²) < 4.78 is 10.7. The number of carbonyl (C=O) groups is 2. The Balaban J connectivity index is 1.45. The van der Waals surface area contributed by atoms with Gasteiger partial charge in [0.2, 0.25) is 0 Å². The Morgan fingerprint density at radius 1 is 1.04 bits per heavy atom. The van der Waals surface area contributed by atoms with Crippen LogP contribution in [0.4, 0.5) is 0 Å². The largest absolute Gasteiger partial charge is 0.493 e. The highest BCUT2D eigenvalue weighted by molar-refractivity contribution is 6.06. The minimum atomic E-state index is -0.231. The van der Waals surface area contributed by atoms with Crippen LogP contribution in [0.1, 0.15) is 12.0 Å². The molecule has 4 aliphatic carbocycles. The predicted molar refractivity (Wildman–Crippen MR) is 93.7 cm³/mol. The molecule has 2 saturated carbocycles. The lowest BCUT2D eigenvalue weighted by Crippen LogP contribution is -2.40. The number of hydrogen-bond acceptors (Lipinski definition) is 5. The van der Waals surface area contributed by atoms with Gasteiger partial charge >= 0.3 is 0 Å². The summed E-state index contributed by atoms with van der Waals surface area (Å²) in [6.07, 6.45) is 6.97. The van der Waals surface area contributed by atoms with Crippen LogP contribution >= 0.6 is 0 Å². The second-order valence-electron chi connectivity index (χ2n) is 7.47. The molecule has 134 valence electrons. The topological polar surface area (TPSA) is 68.2 Å². The van der Waals surface area contributed by atoms with Gasteiger partial charge in [0.15, 0.2) is 11.5 Å². The van der Waals surface area contributed by atoms with Crippen LogP contribution in [0.3, 0.4) is 0 Å². The molecule has 1 aliphatic heterocycles. The monoisotopic (exact) mass is 352 g/mol. The lowest BCUT2D eigenvalue weighted by molar-refractivity contribution is -0.140. The Bertz CT molecular complexity index is 825. The fraction of sp³-hybridized carbons (Fsp3) is 0.450. The van der Waals surface area contributed by atoms with Gasteiger partial charge < -0.3 is 9.47 Å². The van der Waals surface area contributed by atoms with E-state index in [1.54, 1.807) is 20.3 Å². The standard InChI is InChI=1S/C20H20N2O4/c1-25-15-5-3-4-10(18(15)26-2)9-21-22-19(23)16-11-6-7-12(14-8-13(11)14)17(16)20(22)24/h3-7,9,11-14,16-17H,8H2,1-2H3/b21-9-/t11-,12-,13-,14+,16-,17-/m1/s1. The van der Waals surface area contributed by atoms with Crippen molar-refractivity contribution in [3.63, 3.8) is 0 Å². The molecular weight excluding hydrogens is 332 g/mol. The number of amides is 2. The maximum absolute atomic E-state index is 12.9. The molecule has 1 aromatic rings. The lowest BCUT2D eigenvalue weighted by Gasteiger charge is -2.37. The van der Waals surface area contributed by atoms with E-state index in [0.29, 0.717) is 28.9 Å². The molecule has 1 aromatic carbocycles. The van der Waals surface area contributed by atoms with Gasteiger partial charge in [-0.05, 0) is 42.2 Å². The van der Waals surface area contributed by atoms with Crippen LogP contribution in [-0.2, 0) is 9.59 Å². The summed E-state index contributed by atoms with van der Waals surface area (Å²) >= 11 is 0. The van der Waals surface area contributed by atoms with Gasteiger partial charge in [-0.15, -0.1) is 0 Å². The third-order valence-electron chi connectivity index (χ3n) is 6.39. The highest BCUT2D eigenvalue weighted by Gasteiger charge is 2.67. The molecular formula is C20H20N2O4. The van der Waals surface area contributed by atoms with Crippen molar-refractivity contribution in [1.29, 1.82) is 0 Å². The van der Waals surface area contributed by atoms with E-state index in [4.69, 9.17) is 9.47 Å². The van der Waals surface area contributed by atoms with Crippen LogP contribution < -0.4 is 9.47 Å². The summed E-state index contributed by atoms with van der Waals surface area (Å²) in [5.74, 6) is 1.90. The van der Waals surface area contributed by atoms with Crippen molar-refractivity contribution in [3.05, 3.63) is 35.9 Å². The number of hydrazone groups is 1. The number of rotatable bonds is 4. The predicted octanol–water partition coefficient (Wildman–Crippen LogP) is 2.09. The zero-order valence-corrected chi connectivity index (χ0v) is 14.7. The molecule has 6 atom stereocenters. The first kappa shape index (κ1) is 15.6. The van der Waals surface area contributed by atoms with Crippen LogP contribution in [0.15, 0.2) is 35.5 Å². The average Bonchev–Trinajstić information content (AvgIpc) is 3.45. The first-order valence-electron chi connectivity index (χ1n) is 8.96. The maximum Gasteiger partial charge on any atom is 0.254 e. The van der Waals surface area contributed by atoms with Gasteiger partial charge in [0.25, 0.3) is 11.8 Å². The van der Waals surface area contributed by atoms with Crippen molar-refractivity contribution in [2.45, 2.75) is 6.42 Å². The van der Waals surface area contributed by atoms with Gasteiger partial charge in [0.1, 0.15) is 0 Å². The minimum Gasteiger partial charge on any atom is -0.493 e. The van der Waals surface area contributed by atoms with Gasteiger partial charge in [-0.1, -0.05) is 18.2 Å². The Kier molecular flexibility index (Phi) is 3.26. The molecule has 3 fully saturated rings. The highest BCUT2D eigenvalue weighted by Crippen LogP contribution is 2.65. The molecule has 0 N–H and O–H groups in total. The Morgan fingerprint density at radius 3 is 2.27 bits per heavy atom. The van der Waals surface area contributed by atoms with Crippen LogP contribution in [0.5, 0.6) is 11.5 Å². The lowest BCUT2D eigenvalue weighted by atomic mass is 9.63. The molecule has 6 heteroatoms. The summed E-state index contributed by atoms with van der Waals surface area (Å²) in [6.45, 7) is 0. The Hall–Kier alpha value is -2.63. The van der Waals surface area contributed by atoms with Crippen LogP contribution in [-0.4, -0.2) is 37.3 Å². The van der Waals surface area contributed by atoms with E-state index in [1.807, 2.05) is 12.1 Å². The molecule has 1 heterocycles. The molecule has 1 saturated heterocycles. The summed E-state index contributed by atoms with van der Waals surface area (Å²) in [6, 6.07) is 5.41. The van der Waals surface area contributed by atoms with E-state index in [1.165, 1.54) is 6.21 Å². The molecule has 0 aromatic heterocycles. The van der Waals surface area contributed by atoms with Gasteiger partial charge in [-0.2, -0.15) is 10.1 Å². The van der Waals surface area contributed by atoms with Gasteiger partial charge in [0, 0.05) is 5.56 Å². The van der Waals surface area contributed by atoms with Crippen molar-refractivity contribution in [1.82, 2.24) is 5.01 Å². The van der Waals surface area contributed by atoms with E-state index in [0.717, 1.165) is 11.4 Å². The molecule has 2 amide bonds. The summed E-state index contributed by atoms with van der Waals surface area (Å²) in [4.78, 5) is 25.8. The highest BCUT2D eigenvalue weighted by atomic mass is 16.5. The van der Waals surface area contributed by atoms with Crippen molar-refractivity contribution < 1.29 is 19.1 Å². The normalized spacial score (nSPS) is 36.5. The number of carbonyl (C=O) groups excluding carboxylic acids is 2. The quantitative estimate of drug-likeness (QED) is 0.473. The third-order valence-corrected chi connectivity index (χ3v) is 6.39. The second-order valence-corrected chi connectivity index (χ2v) is 7.47. The zero-order chi connectivity index (χ0) is 18.0. The molecule has 5 aliphatic rings. The fourth-order valence-electron chi connectivity index (χ4n) is 5.19. The number of para-hydroxylation sites is 1. The maximum atomic E-state index is 12.9. The first-order chi connectivity index (χ1) is 12.7. The number of nitrogens with zero attached hydrogens (tertiary/aromatic N) is 2. The molecule has 0 spiro atoms. The van der Waals surface area contributed by atoms with E-state index < -0.39 is 0 Å². The van der Waals surface area contributed by atoms with Crippen molar-refractivity contribution in [3.8, 4) is 11.5 Å². The molecule has 2 bridgehead atoms. The number of methoxy groups -OCH3 is 2. The van der Waals surface area contributed by atoms with E-state index >= 15 is 0 Å². The van der Waals surface area contributed by atoms with Crippen molar-refractivity contribution in [2.24, 2.45) is 40.6 Å². The third kappa shape index (κ3) is 1.95. The van der Waals surface area contributed by atoms with Crippen molar-refractivity contribution in [2.75, 3.05) is 14.2 Å². The van der Waals surface area contributed by atoms with E-state index in [9.17, 15) is 9.59 Å². The smallest absolute Gasteiger partial charge is 0.254 e. The van der Waals surface area contributed by atoms with Crippen molar-refractivity contribution >= 4 is 18.0 Å². The first-order valence-corrected chi connectivity index (χ1v) is 8.96. The Morgan fingerprint density at radius 2 is 1.69 bits per heavy atom. The van der Waals surface area contributed by atoms with E-state index in [2.05, 4.69) is 17.3 Å². The number of hydrogen-bond donors (Lipinski definition) is 0. The van der Waals surface area contributed by atoms with Gasteiger partial charge in [-0.25, -0.2) is 0 Å². The molecule has 6 rings (SSSR count). The van der Waals surface area contributed by atoms with E-state index in [-0.39, 0.29) is 35.5 Å². The number of ether oxygens (including phenoxy) is 2. The van der Waals surface area contributed by atoms with Gasteiger partial charge in [-0.3, -0.25) is 9.59 Å². The summed E-state index contributed by atoms with van der Waals surface area (Å²) in [7, 11) is 3.11. The number of benzene rings is 1. The molecule has 6 nitrogen and oxygen atoms in total. The van der Waals surface area contributed by atoms with Crippen LogP contribution in [0.25, 0.3) is 0 Å². The molecule has 0 unspecified atom stereocenters. The SMILES string of the molecule is COc1cccc(/C=N\N2C(=O)[C@@H]3[C@@H]4C=C[C@H]([C@@H]5C[C@H]45)[C@H]3C2=O)c1OC. The molecule has 0 radical (unpaired) electrons. The number of allylic oxidation sites excluding steroid dienone is 2. The Labute approximate surface area is 151 Å². The summed E-state index contributed by atoms with van der Waals surface area (Å²) in [5.41, 5.74) is 0.659. The van der Waals surface area contributed by atoms with Gasteiger partial charge in [0.05, 0.1) is 32.3 Å². The van der Waals surface area contributed by atoms with Crippen LogP contribution in [0.2, 0.25) is 0 Å². The average molecular weight is 352 g/mol. The fourth-order valence-corrected chi connectivity index (χ4v) is 5.19. The molecule has 26 heavy (non-hydrogen) atoms.